The summed E-state index contributed by atoms with van der Waals surface area (Å²) in [5.74, 6) is 0.365. The van der Waals surface area contributed by atoms with Crippen LogP contribution in [0.2, 0.25) is 0 Å². The molecule has 0 aliphatic carbocycles. The van der Waals surface area contributed by atoms with Crippen LogP contribution in [0.5, 0.6) is 0 Å². The number of hydrogen-bond donors (Lipinski definition) is 1. The molecular weight excluding hydrogens is 240 g/mol. The maximum absolute atomic E-state index is 9.53. The van der Waals surface area contributed by atoms with E-state index in [1.165, 1.54) is 5.56 Å². The van der Waals surface area contributed by atoms with Crippen LogP contribution in [0.15, 0.2) is 28.7 Å². The van der Waals surface area contributed by atoms with Crippen LogP contribution in [0.25, 0.3) is 0 Å². The summed E-state index contributed by atoms with van der Waals surface area (Å²) < 4.78 is 1.11. The topological polar surface area (TPSA) is 20.2 Å². The maximum atomic E-state index is 9.53. The second kappa shape index (κ2) is 5.52. The molecule has 0 saturated carbocycles. The highest BCUT2D eigenvalue weighted by molar-refractivity contribution is 9.10. The minimum Gasteiger partial charge on any atom is -0.393 e. The summed E-state index contributed by atoms with van der Waals surface area (Å²) in [4.78, 5) is 0. The number of benzene rings is 1. The van der Waals surface area contributed by atoms with Crippen molar-refractivity contribution in [2.24, 2.45) is 5.92 Å². The Labute approximate surface area is 94.3 Å². The van der Waals surface area contributed by atoms with Crippen molar-refractivity contribution in [3.8, 4) is 0 Å². The molecule has 1 aromatic carbocycles. The molecule has 2 atom stereocenters. The van der Waals surface area contributed by atoms with E-state index in [-0.39, 0.29) is 6.10 Å². The first-order valence-corrected chi connectivity index (χ1v) is 5.85. The van der Waals surface area contributed by atoms with Crippen LogP contribution in [0.1, 0.15) is 25.8 Å². The van der Waals surface area contributed by atoms with E-state index in [2.05, 4.69) is 35.0 Å². The molecule has 1 nitrogen and oxygen atoms in total. The third kappa shape index (κ3) is 3.43. The maximum Gasteiger partial charge on any atom is 0.0543 e. The average molecular weight is 257 g/mol. The number of hydrogen-bond acceptors (Lipinski definition) is 1. The van der Waals surface area contributed by atoms with E-state index in [1.54, 1.807) is 0 Å². The third-order valence-corrected chi connectivity index (χ3v) is 3.09. The molecule has 1 rings (SSSR count). The summed E-state index contributed by atoms with van der Waals surface area (Å²) in [6, 6.07) is 8.28. The first kappa shape index (κ1) is 11.7. The molecule has 1 N–H and O–H groups in total. The van der Waals surface area contributed by atoms with Gasteiger partial charge in [-0.05, 0) is 37.0 Å². The van der Waals surface area contributed by atoms with Crippen LogP contribution in [0, 0.1) is 5.92 Å². The zero-order valence-electron chi connectivity index (χ0n) is 8.70. The van der Waals surface area contributed by atoms with Gasteiger partial charge in [0.25, 0.3) is 0 Å². The SMILES string of the molecule is CCC(Cc1cccc(Br)c1)C(C)O. The predicted octanol–water partition coefficient (Wildman–Crippen LogP) is 3.40. The fourth-order valence-corrected chi connectivity index (χ4v) is 2.07. The van der Waals surface area contributed by atoms with E-state index in [0.717, 1.165) is 17.3 Å². The van der Waals surface area contributed by atoms with Gasteiger partial charge in [0.1, 0.15) is 0 Å². The van der Waals surface area contributed by atoms with Crippen LogP contribution >= 0.6 is 15.9 Å². The predicted molar refractivity (Wildman–Crippen MR) is 63.3 cm³/mol. The van der Waals surface area contributed by atoms with Crippen molar-refractivity contribution in [1.29, 1.82) is 0 Å². The molecule has 0 heterocycles. The van der Waals surface area contributed by atoms with E-state index in [1.807, 2.05) is 19.1 Å². The molecular formula is C12H17BrO. The van der Waals surface area contributed by atoms with Crippen LogP contribution < -0.4 is 0 Å². The zero-order valence-corrected chi connectivity index (χ0v) is 10.3. The van der Waals surface area contributed by atoms with E-state index in [9.17, 15) is 5.11 Å². The first-order valence-electron chi connectivity index (χ1n) is 5.06. The highest BCUT2D eigenvalue weighted by Gasteiger charge is 2.13. The highest BCUT2D eigenvalue weighted by atomic mass is 79.9. The van der Waals surface area contributed by atoms with E-state index < -0.39 is 0 Å². The van der Waals surface area contributed by atoms with Crippen molar-refractivity contribution in [2.45, 2.75) is 32.8 Å². The molecule has 14 heavy (non-hydrogen) atoms. The summed E-state index contributed by atoms with van der Waals surface area (Å²) in [6.45, 7) is 3.99. The number of aliphatic hydroxyl groups is 1. The lowest BCUT2D eigenvalue weighted by Crippen LogP contribution is -2.18. The van der Waals surface area contributed by atoms with Crippen LogP contribution in [0.3, 0.4) is 0 Å². The normalized spacial score (nSPS) is 15.1. The molecule has 0 radical (unpaired) electrons. The third-order valence-electron chi connectivity index (χ3n) is 2.59. The summed E-state index contributed by atoms with van der Waals surface area (Å²) in [7, 11) is 0. The van der Waals surface area contributed by atoms with Gasteiger partial charge in [0, 0.05) is 4.47 Å². The molecule has 2 heteroatoms. The Kier molecular flexibility index (Phi) is 4.63. The second-order valence-electron chi connectivity index (χ2n) is 3.74. The fourth-order valence-electron chi connectivity index (χ4n) is 1.62. The molecule has 2 unspecified atom stereocenters. The quantitative estimate of drug-likeness (QED) is 0.876. The largest absolute Gasteiger partial charge is 0.393 e. The van der Waals surface area contributed by atoms with Crippen molar-refractivity contribution in [1.82, 2.24) is 0 Å². The Morgan fingerprint density at radius 1 is 1.43 bits per heavy atom. The van der Waals surface area contributed by atoms with Gasteiger partial charge in [-0.2, -0.15) is 0 Å². The fraction of sp³-hybridized carbons (Fsp3) is 0.500. The summed E-state index contributed by atoms with van der Waals surface area (Å²) >= 11 is 3.45. The van der Waals surface area contributed by atoms with Gasteiger partial charge >= 0.3 is 0 Å². The van der Waals surface area contributed by atoms with Gasteiger partial charge in [-0.3, -0.25) is 0 Å². The Bertz CT molecular complexity index is 283. The van der Waals surface area contributed by atoms with Gasteiger partial charge in [0.2, 0.25) is 0 Å². The first-order chi connectivity index (χ1) is 6.63. The lowest BCUT2D eigenvalue weighted by Gasteiger charge is -2.17. The molecule has 1 aromatic rings. The van der Waals surface area contributed by atoms with Crippen LogP contribution in [-0.2, 0) is 6.42 Å². The van der Waals surface area contributed by atoms with Gasteiger partial charge in [0.05, 0.1) is 6.10 Å². The van der Waals surface area contributed by atoms with Crippen molar-refractivity contribution in [3.63, 3.8) is 0 Å². The molecule has 0 aliphatic heterocycles. The van der Waals surface area contributed by atoms with E-state index >= 15 is 0 Å². The number of halogens is 1. The monoisotopic (exact) mass is 256 g/mol. The second-order valence-corrected chi connectivity index (χ2v) is 4.66. The van der Waals surface area contributed by atoms with Crippen molar-refractivity contribution in [3.05, 3.63) is 34.3 Å². The molecule has 0 aromatic heterocycles. The van der Waals surface area contributed by atoms with Gasteiger partial charge in [-0.1, -0.05) is 41.4 Å². The number of rotatable bonds is 4. The molecule has 0 fully saturated rings. The molecule has 0 amide bonds. The van der Waals surface area contributed by atoms with Gasteiger partial charge < -0.3 is 5.11 Å². The summed E-state index contributed by atoms with van der Waals surface area (Å²) in [5.41, 5.74) is 1.28. The lowest BCUT2D eigenvalue weighted by atomic mass is 9.93. The van der Waals surface area contributed by atoms with E-state index in [4.69, 9.17) is 0 Å². The van der Waals surface area contributed by atoms with Crippen molar-refractivity contribution >= 4 is 15.9 Å². The average Bonchev–Trinajstić information content (AvgIpc) is 2.14. The Morgan fingerprint density at radius 2 is 2.14 bits per heavy atom. The molecule has 0 bridgehead atoms. The molecule has 0 aliphatic rings. The van der Waals surface area contributed by atoms with Gasteiger partial charge in [-0.25, -0.2) is 0 Å². The Balaban J connectivity index is 2.67. The van der Waals surface area contributed by atoms with Gasteiger partial charge in [0.15, 0.2) is 0 Å². The van der Waals surface area contributed by atoms with Crippen LogP contribution in [-0.4, -0.2) is 11.2 Å². The van der Waals surface area contributed by atoms with Crippen molar-refractivity contribution in [2.75, 3.05) is 0 Å². The minimum absolute atomic E-state index is 0.223. The van der Waals surface area contributed by atoms with E-state index in [0.29, 0.717) is 5.92 Å². The number of aliphatic hydroxyl groups excluding tert-OH is 1. The lowest BCUT2D eigenvalue weighted by molar-refractivity contribution is 0.123. The smallest absolute Gasteiger partial charge is 0.0543 e. The molecule has 0 saturated heterocycles. The minimum atomic E-state index is -0.223. The Hall–Kier alpha value is -0.340. The van der Waals surface area contributed by atoms with Gasteiger partial charge in [-0.15, -0.1) is 0 Å². The zero-order chi connectivity index (χ0) is 10.6. The standard InChI is InChI=1S/C12H17BrO/c1-3-11(9(2)14)7-10-5-4-6-12(13)8-10/h4-6,8-9,11,14H,3,7H2,1-2H3. The highest BCUT2D eigenvalue weighted by Crippen LogP contribution is 2.18. The summed E-state index contributed by atoms with van der Waals surface area (Å²) in [6.07, 6.45) is 1.75. The van der Waals surface area contributed by atoms with Crippen LogP contribution in [0.4, 0.5) is 0 Å². The Morgan fingerprint density at radius 3 is 2.64 bits per heavy atom. The molecule has 78 valence electrons. The molecule has 0 spiro atoms. The summed E-state index contributed by atoms with van der Waals surface area (Å²) in [5, 5.41) is 9.53. The van der Waals surface area contributed by atoms with Crippen molar-refractivity contribution < 1.29 is 5.11 Å².